The van der Waals surface area contributed by atoms with Crippen molar-refractivity contribution in [2.24, 2.45) is 14.0 Å². The first-order chi connectivity index (χ1) is 45.7. The highest BCUT2D eigenvalue weighted by Crippen LogP contribution is 2.41. The van der Waals surface area contributed by atoms with Crippen molar-refractivity contribution in [1.29, 1.82) is 0 Å². The second kappa shape index (κ2) is 19.5. The lowest BCUT2D eigenvalue weighted by Crippen LogP contribution is -2.31. The van der Waals surface area contributed by atoms with E-state index in [0.717, 1.165) is 53.3 Å². The minimum absolute atomic E-state index is 0.645. The van der Waals surface area contributed by atoms with E-state index >= 15 is 0 Å². The predicted octanol–water partition coefficient (Wildman–Crippen LogP) is 13.0. The van der Waals surface area contributed by atoms with Crippen molar-refractivity contribution in [2.45, 2.75) is 26.2 Å². The van der Waals surface area contributed by atoms with Crippen LogP contribution in [0.4, 0.5) is 0 Å². The van der Waals surface area contributed by atoms with E-state index < -0.39 is 6.98 Å². The van der Waals surface area contributed by atoms with Crippen molar-refractivity contribution < 1.29 is 22.4 Å². The number of nitrogens with zero attached hydrogens (tertiary/aromatic N) is 14. The van der Waals surface area contributed by atoms with Crippen LogP contribution in [0.5, 0.6) is 0 Å². The third-order valence-corrected chi connectivity index (χ3v) is 19.6. The molecule has 0 bridgehead atoms. The molecule has 0 atom stereocenters. The molecule has 0 saturated heterocycles. The molecule has 90 heavy (non-hydrogen) atoms. The Bertz CT molecular complexity index is 6090. The van der Waals surface area contributed by atoms with Gasteiger partial charge in [-0.25, -0.2) is 37.4 Å². The van der Waals surface area contributed by atoms with Crippen LogP contribution in [0, 0.1) is 0 Å². The number of aryl methyl sites for hydroxylation is 2. The standard InChI is InChI=1S/C28H20N3.2C16H13N4.C15H10N3S/c1-3-12-21(13-4-1)30-25-18-10-9-17-24(25)26-28(30)31(22-14-5-2-6-15-22)27-23-16-8-7-11-20(23)19-29(26)27;2*1-18-13-10-19-8-3-2-6-12(19)15(13)20-9-11-5-4-7-17-14(11)16(18)20;1-2-7-17-11(5-1)8-12-14(17)18-9-10-4-3-6-16-13(10)15(18)19-12/h1-18H,19H2;2*2-8,10H,9H2,1H3;1-8H,9H2/q4*+1/i;1D3;;. The Morgan fingerprint density at radius 2 is 0.944 bits per heavy atom. The van der Waals surface area contributed by atoms with E-state index in [1.165, 1.54) is 109 Å². The maximum absolute atomic E-state index is 8.00. The Kier molecular flexibility index (Phi) is 10.3. The summed E-state index contributed by atoms with van der Waals surface area (Å²) in [7, 11) is 2.12. The number of pyridine rings is 6. The molecule has 0 radical (unpaired) electrons. The maximum atomic E-state index is 8.00. The largest absolute Gasteiger partial charge is 0.316 e. The molecule has 0 spiro atoms. The average molecular weight is 1190 g/mol. The van der Waals surface area contributed by atoms with Gasteiger partial charge in [0.05, 0.1) is 64.2 Å². The quantitative estimate of drug-likeness (QED) is 0.162. The van der Waals surface area contributed by atoms with Crippen LogP contribution in [0.3, 0.4) is 0 Å². The second-order valence-corrected chi connectivity index (χ2v) is 24.4. The Hall–Kier alpha value is -11.6. The van der Waals surface area contributed by atoms with Crippen molar-refractivity contribution >= 4 is 82.4 Å². The topological polar surface area (TPSA) is 87.1 Å². The first kappa shape index (κ1) is 47.6. The summed E-state index contributed by atoms with van der Waals surface area (Å²) in [6, 6.07) is 72.0. The van der Waals surface area contributed by atoms with Crippen LogP contribution in [-0.4, -0.2) is 46.4 Å². The zero-order valence-corrected chi connectivity index (χ0v) is 49.6. The van der Waals surface area contributed by atoms with Gasteiger partial charge in [0.15, 0.2) is 22.4 Å². The molecule has 15 heteroatoms. The Balaban J connectivity index is 0.0000000900. The minimum atomic E-state index is -2.26. The first-order valence-corrected chi connectivity index (χ1v) is 31.1. The smallest absolute Gasteiger partial charge is 0.309 e. The van der Waals surface area contributed by atoms with Crippen molar-refractivity contribution in [1.82, 2.24) is 46.4 Å². The van der Waals surface area contributed by atoms with Crippen molar-refractivity contribution in [3.05, 3.63) is 278 Å². The summed E-state index contributed by atoms with van der Waals surface area (Å²) >= 11 is 1.83. The molecule has 4 aliphatic rings. The number of benzene rings is 4. The van der Waals surface area contributed by atoms with Gasteiger partial charge in [-0.15, -0.1) is 0 Å². The summed E-state index contributed by atoms with van der Waals surface area (Å²) in [6.45, 7) is 1.12. The lowest BCUT2D eigenvalue weighted by atomic mass is 10.1. The molecule has 18 aromatic rings. The number of imidazole rings is 3. The normalized spacial score (nSPS) is 13.5. The van der Waals surface area contributed by atoms with Crippen LogP contribution < -0.4 is 18.3 Å². The van der Waals surface area contributed by atoms with Gasteiger partial charge in [0.1, 0.15) is 47.8 Å². The van der Waals surface area contributed by atoms with Crippen molar-refractivity contribution in [3.8, 4) is 56.5 Å². The van der Waals surface area contributed by atoms with E-state index in [9.17, 15) is 0 Å². The van der Waals surface area contributed by atoms with Crippen LogP contribution in [0.1, 0.15) is 26.4 Å². The van der Waals surface area contributed by atoms with Crippen molar-refractivity contribution in [2.75, 3.05) is 0 Å². The molecule has 0 N–H and O–H groups in total. The summed E-state index contributed by atoms with van der Waals surface area (Å²) in [6.07, 6.45) is 15.7. The number of para-hydroxylation sites is 3. The summed E-state index contributed by atoms with van der Waals surface area (Å²) in [5.74, 6) is 3.12. The molecule has 4 aromatic carbocycles. The van der Waals surface area contributed by atoms with Crippen LogP contribution in [-0.2, 0) is 40.2 Å². The highest BCUT2D eigenvalue weighted by molar-refractivity contribution is 7.21. The van der Waals surface area contributed by atoms with Crippen LogP contribution in [0.2, 0.25) is 0 Å². The highest BCUT2D eigenvalue weighted by Gasteiger charge is 2.40. The number of thiazole rings is 1. The zero-order valence-electron chi connectivity index (χ0n) is 51.7. The Morgan fingerprint density at radius 3 is 1.63 bits per heavy atom. The van der Waals surface area contributed by atoms with E-state index in [1.807, 2.05) is 83.0 Å². The molecule has 0 aliphatic carbocycles. The van der Waals surface area contributed by atoms with Gasteiger partial charge in [0, 0.05) is 65.0 Å². The molecule has 0 saturated carbocycles. The fourth-order valence-electron chi connectivity index (χ4n) is 14.7. The third kappa shape index (κ3) is 7.28. The summed E-state index contributed by atoms with van der Waals surface area (Å²) in [5, 5.41) is 2.56. The van der Waals surface area contributed by atoms with Gasteiger partial charge in [-0.2, -0.15) is 8.97 Å². The maximum Gasteiger partial charge on any atom is 0.309 e. The molecular formula is C75H56N14S+4. The SMILES string of the molecule is Cn1c2[n+](c3c1cn1ccccc31)Cc1cccnc1-2.[2H]C([2H])([2H])n1c2[n+](c3c1cn1ccccc31)Cc1cccnc1-2.c1ccc(-n2c3[n+](c4c5ccccc5n(-c5ccccc5)c42)Cc2ccccc2-3)cc1.c1cnc2c(c1)C[n+]1c-2sc2cc3ccccn3c21. The van der Waals surface area contributed by atoms with Gasteiger partial charge in [0.2, 0.25) is 21.6 Å². The minimum Gasteiger partial charge on any atom is -0.316 e. The highest BCUT2D eigenvalue weighted by atomic mass is 32.1. The third-order valence-electron chi connectivity index (χ3n) is 18.5. The molecule has 14 nitrogen and oxygen atoms in total. The molecule has 14 aromatic heterocycles. The number of hydrogen-bond donors (Lipinski definition) is 0. The van der Waals surface area contributed by atoms with Crippen LogP contribution in [0.15, 0.2) is 256 Å². The molecule has 0 amide bonds. The monoisotopic (exact) mass is 1190 g/mol. The van der Waals surface area contributed by atoms with E-state index in [4.69, 9.17) is 4.11 Å². The molecule has 428 valence electrons. The molecule has 0 fully saturated rings. The van der Waals surface area contributed by atoms with Crippen molar-refractivity contribution in [3.63, 3.8) is 0 Å². The number of hydrogen-bond acceptors (Lipinski definition) is 4. The van der Waals surface area contributed by atoms with E-state index in [1.54, 1.807) is 6.20 Å². The second-order valence-electron chi connectivity index (χ2n) is 23.4. The van der Waals surface area contributed by atoms with Gasteiger partial charge in [-0.05, 0) is 97.1 Å². The molecule has 4 aliphatic heterocycles. The average Bonchev–Trinajstić information content (AvgIpc) is 1.55. The molecule has 18 heterocycles. The molecule has 22 rings (SSSR count). The summed E-state index contributed by atoms with van der Waals surface area (Å²) in [4.78, 5) is 13.5. The summed E-state index contributed by atoms with van der Waals surface area (Å²) in [5.41, 5.74) is 24.4. The van der Waals surface area contributed by atoms with E-state index in [2.05, 4.69) is 245 Å². The summed E-state index contributed by atoms with van der Waals surface area (Å²) < 4.78 is 49.6. The Labute approximate surface area is 523 Å². The lowest BCUT2D eigenvalue weighted by Gasteiger charge is -2.08. The number of aromatic nitrogens is 14. The van der Waals surface area contributed by atoms with Crippen LogP contribution in [0.25, 0.3) is 128 Å². The molecular weight excluding hydrogens is 1130 g/mol. The van der Waals surface area contributed by atoms with Gasteiger partial charge in [-0.1, -0.05) is 114 Å². The molecule has 0 unspecified atom stereocenters. The number of fused-ring (bicyclic) bond motifs is 28. The predicted molar refractivity (Wildman–Crippen MR) is 353 cm³/mol. The first-order valence-electron chi connectivity index (χ1n) is 31.8. The van der Waals surface area contributed by atoms with Gasteiger partial charge < -0.3 is 8.80 Å². The van der Waals surface area contributed by atoms with Gasteiger partial charge >= 0.3 is 17.3 Å². The van der Waals surface area contributed by atoms with E-state index in [0.29, 0.717) is 17.9 Å². The van der Waals surface area contributed by atoms with Gasteiger partial charge in [0.25, 0.3) is 11.5 Å². The van der Waals surface area contributed by atoms with Gasteiger partial charge in [-0.3, -0.25) is 9.55 Å². The number of rotatable bonds is 2. The lowest BCUT2D eigenvalue weighted by molar-refractivity contribution is -0.645. The Morgan fingerprint density at radius 1 is 0.433 bits per heavy atom. The van der Waals surface area contributed by atoms with Crippen LogP contribution >= 0.6 is 11.3 Å². The fraction of sp³-hybridized carbons (Fsp3) is 0.0800. The fourth-order valence-corrected chi connectivity index (χ4v) is 15.9. The van der Waals surface area contributed by atoms with E-state index in [-0.39, 0.29) is 0 Å². The zero-order chi connectivity index (χ0) is 61.8.